The van der Waals surface area contributed by atoms with E-state index in [4.69, 9.17) is 0 Å². The van der Waals surface area contributed by atoms with Gasteiger partial charge in [0.2, 0.25) is 10.0 Å². The van der Waals surface area contributed by atoms with E-state index >= 15 is 0 Å². The number of nitrogens with zero attached hydrogens (tertiary/aromatic N) is 5. The van der Waals surface area contributed by atoms with E-state index in [1.54, 1.807) is 21.5 Å². The maximum absolute atomic E-state index is 12.2. The number of rotatable bonds is 5. The summed E-state index contributed by atoms with van der Waals surface area (Å²) in [6, 6.07) is 0. The molecular weight excluding hydrogens is 278 g/mol. The second-order valence-corrected chi connectivity index (χ2v) is 7.68. The molecule has 20 heavy (non-hydrogen) atoms. The molecule has 0 unspecified atom stereocenters. The predicted molar refractivity (Wildman–Crippen MR) is 74.6 cm³/mol. The van der Waals surface area contributed by atoms with E-state index in [2.05, 4.69) is 15.1 Å². The third-order valence-electron chi connectivity index (χ3n) is 3.94. The zero-order valence-electron chi connectivity index (χ0n) is 11.6. The Labute approximate surface area is 119 Å². The Bertz CT molecular complexity index is 526. The van der Waals surface area contributed by atoms with Gasteiger partial charge in [0, 0.05) is 26.2 Å². The van der Waals surface area contributed by atoms with Crippen LogP contribution < -0.4 is 0 Å². The molecule has 0 spiro atoms. The molecule has 1 saturated heterocycles. The van der Waals surface area contributed by atoms with Gasteiger partial charge in [-0.3, -0.25) is 0 Å². The van der Waals surface area contributed by atoms with Crippen molar-refractivity contribution < 1.29 is 8.42 Å². The van der Waals surface area contributed by atoms with E-state index < -0.39 is 10.0 Å². The Morgan fingerprint density at radius 3 is 2.45 bits per heavy atom. The second-order valence-electron chi connectivity index (χ2n) is 5.46. The SMILES string of the molecule is O=S(=O)(C1CC1)N1CCCN(CCn2nccn2)CC1. The highest BCUT2D eigenvalue weighted by molar-refractivity contribution is 7.90. The Morgan fingerprint density at radius 1 is 1.00 bits per heavy atom. The van der Waals surface area contributed by atoms with Crippen LogP contribution in [0.3, 0.4) is 0 Å². The van der Waals surface area contributed by atoms with Crippen molar-refractivity contribution in [3.8, 4) is 0 Å². The Kier molecular flexibility index (Phi) is 4.04. The van der Waals surface area contributed by atoms with E-state index in [1.165, 1.54) is 0 Å². The molecule has 1 aromatic heterocycles. The summed E-state index contributed by atoms with van der Waals surface area (Å²) in [4.78, 5) is 3.97. The van der Waals surface area contributed by atoms with Gasteiger partial charge in [0.25, 0.3) is 0 Å². The predicted octanol–water partition coefficient (Wildman–Crippen LogP) is -0.222. The van der Waals surface area contributed by atoms with Crippen molar-refractivity contribution in [3.63, 3.8) is 0 Å². The van der Waals surface area contributed by atoms with Gasteiger partial charge < -0.3 is 4.90 Å². The van der Waals surface area contributed by atoms with E-state index in [0.717, 1.165) is 45.4 Å². The van der Waals surface area contributed by atoms with Crippen molar-refractivity contribution in [2.45, 2.75) is 31.1 Å². The fraction of sp³-hybridized carbons (Fsp3) is 0.833. The van der Waals surface area contributed by atoms with Gasteiger partial charge in [0.15, 0.2) is 0 Å². The maximum atomic E-state index is 12.2. The summed E-state index contributed by atoms with van der Waals surface area (Å²) in [6.45, 7) is 4.64. The molecule has 1 aliphatic heterocycles. The van der Waals surface area contributed by atoms with Crippen LogP contribution >= 0.6 is 0 Å². The quantitative estimate of drug-likeness (QED) is 0.751. The van der Waals surface area contributed by atoms with Gasteiger partial charge in [-0.25, -0.2) is 12.7 Å². The fourth-order valence-electron chi connectivity index (χ4n) is 2.59. The largest absolute Gasteiger partial charge is 0.300 e. The summed E-state index contributed by atoms with van der Waals surface area (Å²) in [5.74, 6) is 0. The summed E-state index contributed by atoms with van der Waals surface area (Å²) >= 11 is 0. The lowest BCUT2D eigenvalue weighted by Crippen LogP contribution is -2.37. The van der Waals surface area contributed by atoms with E-state index in [-0.39, 0.29) is 5.25 Å². The first kappa shape index (κ1) is 14.0. The zero-order chi connectivity index (χ0) is 14.0. The first-order valence-electron chi connectivity index (χ1n) is 7.22. The molecule has 0 N–H and O–H groups in total. The Morgan fingerprint density at radius 2 is 1.75 bits per heavy atom. The van der Waals surface area contributed by atoms with Crippen molar-refractivity contribution >= 4 is 10.0 Å². The molecule has 2 aliphatic rings. The summed E-state index contributed by atoms with van der Waals surface area (Å²) in [7, 11) is -3.02. The highest BCUT2D eigenvalue weighted by Crippen LogP contribution is 2.31. The molecule has 1 aliphatic carbocycles. The summed E-state index contributed by atoms with van der Waals surface area (Å²) in [5, 5.41) is 8.07. The van der Waals surface area contributed by atoms with Gasteiger partial charge in [-0.15, -0.1) is 0 Å². The number of aromatic nitrogens is 3. The molecule has 7 nitrogen and oxygen atoms in total. The Balaban J connectivity index is 1.51. The van der Waals surface area contributed by atoms with E-state index in [9.17, 15) is 8.42 Å². The van der Waals surface area contributed by atoms with Gasteiger partial charge in [0.05, 0.1) is 24.2 Å². The highest BCUT2D eigenvalue weighted by atomic mass is 32.2. The molecule has 1 saturated carbocycles. The topological polar surface area (TPSA) is 71.3 Å². The number of hydrogen-bond acceptors (Lipinski definition) is 5. The molecule has 2 fully saturated rings. The van der Waals surface area contributed by atoms with Crippen molar-refractivity contribution in [1.82, 2.24) is 24.2 Å². The fourth-order valence-corrected chi connectivity index (χ4v) is 4.46. The first-order chi connectivity index (χ1) is 9.66. The maximum Gasteiger partial charge on any atom is 0.217 e. The van der Waals surface area contributed by atoms with E-state index in [1.807, 2.05) is 0 Å². The lowest BCUT2D eigenvalue weighted by molar-refractivity contribution is 0.264. The van der Waals surface area contributed by atoms with Crippen LogP contribution in [0.25, 0.3) is 0 Å². The normalized spacial score (nSPS) is 22.8. The third-order valence-corrected chi connectivity index (χ3v) is 6.33. The van der Waals surface area contributed by atoms with Crippen LogP contribution in [-0.4, -0.2) is 70.6 Å². The minimum absolute atomic E-state index is 0.0951. The molecule has 0 amide bonds. The Hall–Kier alpha value is -0.990. The lowest BCUT2D eigenvalue weighted by Gasteiger charge is -2.21. The van der Waals surface area contributed by atoms with Crippen molar-refractivity contribution in [2.75, 3.05) is 32.7 Å². The monoisotopic (exact) mass is 299 g/mol. The van der Waals surface area contributed by atoms with Crippen LogP contribution in [0.5, 0.6) is 0 Å². The van der Waals surface area contributed by atoms with Crippen molar-refractivity contribution in [2.24, 2.45) is 0 Å². The average Bonchev–Trinajstić information content (AvgIpc) is 3.21. The molecule has 0 radical (unpaired) electrons. The molecule has 3 rings (SSSR count). The molecule has 112 valence electrons. The lowest BCUT2D eigenvalue weighted by atomic mass is 10.4. The molecule has 1 aromatic rings. The van der Waals surface area contributed by atoms with Crippen LogP contribution in [-0.2, 0) is 16.6 Å². The van der Waals surface area contributed by atoms with Gasteiger partial charge in [0.1, 0.15) is 0 Å². The van der Waals surface area contributed by atoms with E-state index in [0.29, 0.717) is 13.1 Å². The van der Waals surface area contributed by atoms with Gasteiger partial charge in [-0.2, -0.15) is 15.0 Å². The third kappa shape index (κ3) is 3.18. The van der Waals surface area contributed by atoms with Gasteiger partial charge in [-0.1, -0.05) is 0 Å². The number of sulfonamides is 1. The van der Waals surface area contributed by atoms with Crippen LogP contribution in [0.1, 0.15) is 19.3 Å². The molecular formula is C12H21N5O2S. The average molecular weight is 299 g/mol. The number of hydrogen-bond donors (Lipinski definition) is 0. The smallest absolute Gasteiger partial charge is 0.217 e. The van der Waals surface area contributed by atoms with Crippen LogP contribution in [0.15, 0.2) is 12.4 Å². The van der Waals surface area contributed by atoms with Gasteiger partial charge in [-0.05, 0) is 25.8 Å². The van der Waals surface area contributed by atoms with Crippen LogP contribution in [0.2, 0.25) is 0 Å². The standard InChI is InChI=1S/C12H21N5O2S/c18-20(19,12-2-3-12)16-7-1-6-15(8-10-16)9-11-17-13-4-5-14-17/h4-5,12H,1-3,6-11H2. The van der Waals surface area contributed by atoms with Crippen LogP contribution in [0, 0.1) is 0 Å². The van der Waals surface area contributed by atoms with Crippen LogP contribution in [0.4, 0.5) is 0 Å². The summed E-state index contributed by atoms with van der Waals surface area (Å²) in [5.41, 5.74) is 0. The molecule has 0 atom stereocenters. The minimum Gasteiger partial charge on any atom is -0.300 e. The summed E-state index contributed by atoms with van der Waals surface area (Å²) in [6.07, 6.45) is 5.93. The molecule has 0 aromatic carbocycles. The minimum atomic E-state index is -3.02. The molecule has 2 heterocycles. The molecule has 0 bridgehead atoms. The second kappa shape index (κ2) is 5.79. The van der Waals surface area contributed by atoms with Crippen molar-refractivity contribution in [1.29, 1.82) is 0 Å². The van der Waals surface area contributed by atoms with Crippen molar-refractivity contribution in [3.05, 3.63) is 12.4 Å². The highest BCUT2D eigenvalue weighted by Gasteiger charge is 2.40. The zero-order valence-corrected chi connectivity index (χ0v) is 12.4. The van der Waals surface area contributed by atoms with Gasteiger partial charge >= 0.3 is 0 Å². The summed E-state index contributed by atoms with van der Waals surface area (Å²) < 4.78 is 26.2. The molecule has 8 heteroatoms. The first-order valence-corrected chi connectivity index (χ1v) is 8.72.